The minimum Gasteiger partial charge on any atom is -0.435 e. The molecule has 0 N–H and O–H groups in total. The van der Waals surface area contributed by atoms with Crippen LogP contribution in [-0.4, -0.2) is 23.6 Å². The van der Waals surface area contributed by atoms with Gasteiger partial charge in [0.2, 0.25) is 5.71 Å². The van der Waals surface area contributed by atoms with Gasteiger partial charge < -0.3 is 14.2 Å². The maximum Gasteiger partial charge on any atom is 0.227 e. The van der Waals surface area contributed by atoms with Gasteiger partial charge in [-0.2, -0.15) is 0 Å². The molecule has 5 heteroatoms. The number of benzene rings is 1. The molecule has 5 nitrogen and oxygen atoms in total. The number of nitrogens with zero attached hydrogens (tertiary/aromatic N) is 4. The van der Waals surface area contributed by atoms with E-state index in [1.807, 2.05) is 43.0 Å². The highest BCUT2D eigenvalue weighted by atomic mass is 16.3. The van der Waals surface area contributed by atoms with E-state index in [2.05, 4.69) is 9.97 Å². The summed E-state index contributed by atoms with van der Waals surface area (Å²) in [6.07, 6.45) is 1.67. The fourth-order valence-electron chi connectivity index (χ4n) is 3.50. The van der Waals surface area contributed by atoms with Gasteiger partial charge >= 0.3 is 0 Å². The zero-order valence-electron chi connectivity index (χ0n) is 16.9. The first-order valence-electron chi connectivity index (χ1n) is 9.64. The van der Waals surface area contributed by atoms with Gasteiger partial charge in [0.05, 0.1) is 18.0 Å². The maximum absolute atomic E-state index is 7.91. The highest BCUT2D eigenvalue weighted by Crippen LogP contribution is 2.44. The molecule has 0 amide bonds. The molecule has 1 aromatic carbocycles. The van der Waals surface area contributed by atoms with Gasteiger partial charge in [-0.1, -0.05) is 12.1 Å². The number of fused-ring (bicyclic) bond motifs is 4. The van der Waals surface area contributed by atoms with Gasteiger partial charge in [0, 0.05) is 33.8 Å². The van der Waals surface area contributed by atoms with Crippen LogP contribution in [0.4, 0.5) is 17.2 Å². The molecule has 0 fully saturated rings. The lowest BCUT2D eigenvalue weighted by Crippen LogP contribution is -2.24. The molecule has 1 aliphatic heterocycles. The van der Waals surface area contributed by atoms with Crippen molar-refractivity contribution < 1.29 is 8.53 Å². The van der Waals surface area contributed by atoms with Crippen LogP contribution in [-0.2, 0) is 0 Å². The molecule has 0 saturated carbocycles. The van der Waals surface area contributed by atoms with Crippen LogP contribution in [0.5, 0.6) is 0 Å². The standard InChI is InChI=1S/C20H18N4O/c1-12-6-8-14-15-9-7-13(2)22-20(15)25-18(14)17(12)24-11-23(3)16-5-4-10-21-19(16)24/h4-10H,11H2,1-3H3/i3D3. The Morgan fingerprint density at radius 3 is 2.88 bits per heavy atom. The third kappa shape index (κ3) is 1.95. The van der Waals surface area contributed by atoms with E-state index >= 15 is 0 Å². The Morgan fingerprint density at radius 1 is 1.12 bits per heavy atom. The summed E-state index contributed by atoms with van der Waals surface area (Å²) < 4.78 is 29.9. The van der Waals surface area contributed by atoms with Gasteiger partial charge in [0.25, 0.3) is 0 Å². The van der Waals surface area contributed by atoms with Gasteiger partial charge in [-0.3, -0.25) is 0 Å². The maximum atomic E-state index is 7.91. The first kappa shape index (κ1) is 11.5. The number of hydrogen-bond acceptors (Lipinski definition) is 5. The SMILES string of the molecule is [2H]C([2H])([2H])N1CN(c2c(C)ccc3c2oc2nc(C)ccc23)c2ncccc21. The highest BCUT2D eigenvalue weighted by molar-refractivity contribution is 6.09. The third-order valence-corrected chi connectivity index (χ3v) is 4.69. The molecule has 0 spiro atoms. The normalized spacial score (nSPS) is 16.2. The smallest absolute Gasteiger partial charge is 0.227 e. The van der Waals surface area contributed by atoms with Gasteiger partial charge in [-0.25, -0.2) is 9.97 Å². The molecular weight excluding hydrogens is 312 g/mol. The number of aryl methyl sites for hydroxylation is 2. The van der Waals surface area contributed by atoms with Crippen molar-refractivity contribution in [2.75, 3.05) is 23.4 Å². The van der Waals surface area contributed by atoms with Gasteiger partial charge in [-0.05, 0) is 43.7 Å². The lowest BCUT2D eigenvalue weighted by atomic mass is 10.1. The van der Waals surface area contributed by atoms with Crippen molar-refractivity contribution in [3.8, 4) is 0 Å². The molecule has 5 rings (SSSR count). The number of hydrogen-bond donors (Lipinski definition) is 0. The van der Waals surface area contributed by atoms with Crippen molar-refractivity contribution in [3.05, 3.63) is 53.9 Å². The molecule has 4 heterocycles. The first-order chi connectivity index (χ1) is 13.3. The monoisotopic (exact) mass is 333 g/mol. The van der Waals surface area contributed by atoms with E-state index in [1.165, 1.54) is 4.90 Å². The van der Waals surface area contributed by atoms with Gasteiger partial charge in [0.15, 0.2) is 11.4 Å². The second-order valence-electron chi connectivity index (χ2n) is 6.36. The molecule has 124 valence electrons. The van der Waals surface area contributed by atoms with Crippen molar-refractivity contribution in [1.82, 2.24) is 9.97 Å². The zero-order chi connectivity index (χ0) is 19.6. The summed E-state index contributed by atoms with van der Waals surface area (Å²) in [7, 11) is 0. The van der Waals surface area contributed by atoms with E-state index in [0.29, 0.717) is 22.8 Å². The Morgan fingerprint density at radius 2 is 2.00 bits per heavy atom. The summed E-state index contributed by atoms with van der Waals surface area (Å²) in [5, 5.41) is 1.89. The van der Waals surface area contributed by atoms with E-state index in [0.717, 1.165) is 27.7 Å². The highest BCUT2D eigenvalue weighted by Gasteiger charge is 2.29. The average molecular weight is 333 g/mol. The fraction of sp³-hybridized carbons (Fsp3) is 0.200. The Hall–Kier alpha value is -3.08. The summed E-state index contributed by atoms with van der Waals surface area (Å²) in [4.78, 5) is 12.3. The summed E-state index contributed by atoms with van der Waals surface area (Å²) in [6, 6.07) is 11.5. The van der Waals surface area contributed by atoms with Crippen LogP contribution in [0.3, 0.4) is 0 Å². The predicted molar refractivity (Wildman–Crippen MR) is 101 cm³/mol. The van der Waals surface area contributed by atoms with Gasteiger partial charge in [-0.15, -0.1) is 0 Å². The fourth-order valence-corrected chi connectivity index (χ4v) is 3.50. The van der Waals surface area contributed by atoms with Crippen LogP contribution < -0.4 is 9.80 Å². The minimum absolute atomic E-state index is 0.173. The van der Waals surface area contributed by atoms with Crippen molar-refractivity contribution >= 4 is 39.3 Å². The molecule has 3 aromatic heterocycles. The second kappa shape index (κ2) is 4.96. The number of furan rings is 1. The molecule has 25 heavy (non-hydrogen) atoms. The van der Waals surface area contributed by atoms with Crippen LogP contribution in [0.15, 0.2) is 47.0 Å². The molecule has 0 atom stereocenters. The average Bonchev–Trinajstić information content (AvgIpc) is 3.19. The topological polar surface area (TPSA) is 45.4 Å². The lowest BCUT2D eigenvalue weighted by molar-refractivity contribution is 0.651. The summed E-state index contributed by atoms with van der Waals surface area (Å²) in [5.74, 6) is 0.610. The van der Waals surface area contributed by atoms with E-state index < -0.39 is 6.98 Å². The quantitative estimate of drug-likeness (QED) is 0.512. The predicted octanol–water partition coefficient (Wildman–Crippen LogP) is 4.54. The van der Waals surface area contributed by atoms with E-state index in [4.69, 9.17) is 8.53 Å². The van der Waals surface area contributed by atoms with Crippen molar-refractivity contribution in [2.45, 2.75) is 13.8 Å². The Balaban J connectivity index is 1.78. The Kier molecular flexibility index (Phi) is 2.27. The first-order valence-corrected chi connectivity index (χ1v) is 8.14. The Bertz CT molecular complexity index is 1230. The van der Waals surface area contributed by atoms with Crippen molar-refractivity contribution in [2.24, 2.45) is 0 Å². The molecule has 0 unspecified atom stereocenters. The van der Waals surface area contributed by atoms with E-state index in [9.17, 15) is 0 Å². The molecular formula is C20H18N4O. The molecule has 0 radical (unpaired) electrons. The van der Waals surface area contributed by atoms with Crippen molar-refractivity contribution in [1.29, 1.82) is 0 Å². The van der Waals surface area contributed by atoms with Crippen LogP contribution in [0.1, 0.15) is 15.4 Å². The molecule has 0 bridgehead atoms. The lowest BCUT2D eigenvalue weighted by Gasteiger charge is -2.20. The molecule has 0 saturated heterocycles. The number of rotatable bonds is 1. The third-order valence-electron chi connectivity index (χ3n) is 4.69. The van der Waals surface area contributed by atoms with Crippen molar-refractivity contribution in [3.63, 3.8) is 0 Å². The van der Waals surface area contributed by atoms with Crippen LogP contribution in [0.2, 0.25) is 0 Å². The molecule has 4 aromatic rings. The summed E-state index contributed by atoms with van der Waals surface area (Å²) in [6.45, 7) is 1.82. The summed E-state index contributed by atoms with van der Waals surface area (Å²) >= 11 is 0. The zero-order valence-corrected chi connectivity index (χ0v) is 13.9. The number of aromatic nitrogens is 2. The number of anilines is 3. The van der Waals surface area contributed by atoms with Crippen LogP contribution >= 0.6 is 0 Å². The molecule has 0 aliphatic carbocycles. The van der Waals surface area contributed by atoms with Crippen LogP contribution in [0, 0.1) is 13.8 Å². The van der Waals surface area contributed by atoms with E-state index in [-0.39, 0.29) is 6.67 Å². The second-order valence-corrected chi connectivity index (χ2v) is 6.36. The molecule has 1 aliphatic rings. The van der Waals surface area contributed by atoms with Gasteiger partial charge in [0.1, 0.15) is 0 Å². The number of pyridine rings is 2. The summed E-state index contributed by atoms with van der Waals surface area (Å²) in [5.41, 5.74) is 4.54. The Labute approximate surface area is 149 Å². The minimum atomic E-state index is -2.26. The van der Waals surface area contributed by atoms with E-state index in [1.54, 1.807) is 18.3 Å². The largest absolute Gasteiger partial charge is 0.435 e. The van der Waals surface area contributed by atoms with Crippen LogP contribution in [0.25, 0.3) is 22.1 Å².